The summed E-state index contributed by atoms with van der Waals surface area (Å²) in [7, 11) is 0. The molecule has 1 heterocycles. The van der Waals surface area contributed by atoms with E-state index >= 15 is 0 Å². The van der Waals surface area contributed by atoms with Crippen molar-refractivity contribution < 1.29 is 9.90 Å². The SMILES string of the molecule is Cc1nc(C)n(C2CC2)c1C(=O)O. The quantitative estimate of drug-likeness (QED) is 0.750. The number of imidazole rings is 1. The summed E-state index contributed by atoms with van der Waals surface area (Å²) in [5.41, 5.74) is 0.983. The minimum Gasteiger partial charge on any atom is -0.477 e. The average Bonchev–Trinajstić information content (AvgIpc) is 2.77. The maximum absolute atomic E-state index is 10.9. The van der Waals surface area contributed by atoms with Crippen LogP contribution in [0.25, 0.3) is 0 Å². The molecule has 0 aromatic carbocycles. The number of nitrogens with zero attached hydrogens (tertiary/aromatic N) is 2. The third kappa shape index (κ3) is 1.22. The summed E-state index contributed by atoms with van der Waals surface area (Å²) in [6, 6.07) is 0.382. The van der Waals surface area contributed by atoms with Crippen LogP contribution >= 0.6 is 0 Å². The first kappa shape index (κ1) is 8.29. The molecule has 0 unspecified atom stereocenters. The molecule has 4 heteroatoms. The van der Waals surface area contributed by atoms with Crippen LogP contribution in [-0.2, 0) is 0 Å². The van der Waals surface area contributed by atoms with Crippen molar-refractivity contribution in [3.05, 3.63) is 17.2 Å². The fourth-order valence-electron chi connectivity index (χ4n) is 1.72. The van der Waals surface area contributed by atoms with E-state index in [1.165, 1.54) is 0 Å². The van der Waals surface area contributed by atoms with Gasteiger partial charge in [0.15, 0.2) is 5.69 Å². The van der Waals surface area contributed by atoms with Crippen LogP contribution in [0.15, 0.2) is 0 Å². The minimum atomic E-state index is -0.870. The van der Waals surface area contributed by atoms with Gasteiger partial charge in [-0.05, 0) is 26.7 Å². The van der Waals surface area contributed by atoms with Gasteiger partial charge in [0.2, 0.25) is 0 Å². The monoisotopic (exact) mass is 180 g/mol. The van der Waals surface area contributed by atoms with Gasteiger partial charge in [-0.25, -0.2) is 9.78 Å². The van der Waals surface area contributed by atoms with Crippen LogP contribution in [0.4, 0.5) is 0 Å². The van der Waals surface area contributed by atoms with Crippen molar-refractivity contribution in [2.24, 2.45) is 0 Å². The summed E-state index contributed by atoms with van der Waals surface area (Å²) < 4.78 is 1.84. The van der Waals surface area contributed by atoms with Crippen molar-refractivity contribution in [2.75, 3.05) is 0 Å². The Bertz CT molecular complexity index is 364. The summed E-state index contributed by atoms with van der Waals surface area (Å²) in [5, 5.41) is 8.98. The maximum Gasteiger partial charge on any atom is 0.354 e. The van der Waals surface area contributed by atoms with Gasteiger partial charge in [0.25, 0.3) is 0 Å². The maximum atomic E-state index is 10.9. The Hall–Kier alpha value is -1.32. The van der Waals surface area contributed by atoms with Gasteiger partial charge in [0.1, 0.15) is 5.82 Å². The molecule has 2 rings (SSSR count). The Morgan fingerprint density at radius 2 is 2.15 bits per heavy atom. The molecule has 0 spiro atoms. The standard InChI is InChI=1S/C9H12N2O2/c1-5-8(9(12)13)11(6(2)10-5)7-3-4-7/h7H,3-4H2,1-2H3,(H,12,13). The van der Waals surface area contributed by atoms with Gasteiger partial charge in [0.05, 0.1) is 5.69 Å². The van der Waals surface area contributed by atoms with Crippen LogP contribution in [0.2, 0.25) is 0 Å². The lowest BCUT2D eigenvalue weighted by Crippen LogP contribution is -2.09. The van der Waals surface area contributed by atoms with Crippen LogP contribution in [0.3, 0.4) is 0 Å². The van der Waals surface area contributed by atoms with Crippen LogP contribution < -0.4 is 0 Å². The highest BCUT2D eigenvalue weighted by Crippen LogP contribution is 2.37. The smallest absolute Gasteiger partial charge is 0.354 e. The van der Waals surface area contributed by atoms with Crippen molar-refractivity contribution in [2.45, 2.75) is 32.7 Å². The van der Waals surface area contributed by atoms with Crippen LogP contribution in [-0.4, -0.2) is 20.6 Å². The summed E-state index contributed by atoms with van der Waals surface area (Å²) >= 11 is 0. The zero-order valence-corrected chi connectivity index (χ0v) is 7.74. The van der Waals surface area contributed by atoms with E-state index in [0.717, 1.165) is 18.7 Å². The molecule has 0 saturated heterocycles. The van der Waals surface area contributed by atoms with E-state index in [9.17, 15) is 4.79 Å². The van der Waals surface area contributed by atoms with E-state index in [4.69, 9.17) is 5.11 Å². The number of hydrogen-bond donors (Lipinski definition) is 1. The number of rotatable bonds is 2. The lowest BCUT2D eigenvalue weighted by atomic mass is 10.3. The molecule has 1 aromatic heterocycles. The van der Waals surface area contributed by atoms with E-state index in [1.807, 2.05) is 11.5 Å². The molecule has 13 heavy (non-hydrogen) atoms. The zero-order chi connectivity index (χ0) is 9.59. The summed E-state index contributed by atoms with van der Waals surface area (Å²) in [5.74, 6) is -0.0533. The molecule has 1 aliphatic carbocycles. The van der Waals surface area contributed by atoms with Crippen LogP contribution in [0.1, 0.15) is 40.9 Å². The number of carboxylic acid groups (broad SMARTS) is 1. The average molecular weight is 180 g/mol. The Kier molecular flexibility index (Phi) is 1.65. The van der Waals surface area contributed by atoms with Gasteiger partial charge in [-0.2, -0.15) is 0 Å². The molecule has 1 saturated carbocycles. The highest BCUT2D eigenvalue weighted by Gasteiger charge is 2.30. The van der Waals surface area contributed by atoms with E-state index in [2.05, 4.69) is 4.98 Å². The lowest BCUT2D eigenvalue weighted by Gasteiger charge is -2.04. The number of carbonyl (C=O) groups is 1. The molecule has 1 N–H and O–H groups in total. The largest absolute Gasteiger partial charge is 0.477 e. The second-order valence-corrected chi connectivity index (χ2v) is 3.50. The number of hydrogen-bond acceptors (Lipinski definition) is 2. The lowest BCUT2D eigenvalue weighted by molar-refractivity contribution is 0.0683. The molecule has 1 fully saturated rings. The fourth-order valence-corrected chi connectivity index (χ4v) is 1.72. The second-order valence-electron chi connectivity index (χ2n) is 3.50. The first-order valence-corrected chi connectivity index (χ1v) is 4.40. The molecule has 0 atom stereocenters. The third-order valence-electron chi connectivity index (χ3n) is 2.38. The highest BCUT2D eigenvalue weighted by molar-refractivity contribution is 5.87. The van der Waals surface area contributed by atoms with Gasteiger partial charge in [0, 0.05) is 6.04 Å². The number of aromatic nitrogens is 2. The molecule has 1 aromatic rings. The van der Waals surface area contributed by atoms with Crippen molar-refractivity contribution in [1.29, 1.82) is 0 Å². The highest BCUT2D eigenvalue weighted by atomic mass is 16.4. The van der Waals surface area contributed by atoms with E-state index < -0.39 is 5.97 Å². The fraction of sp³-hybridized carbons (Fsp3) is 0.556. The van der Waals surface area contributed by atoms with Crippen LogP contribution in [0, 0.1) is 13.8 Å². The van der Waals surface area contributed by atoms with Crippen molar-refractivity contribution in [3.63, 3.8) is 0 Å². The molecule has 0 amide bonds. The number of aryl methyl sites for hydroxylation is 2. The summed E-state index contributed by atoms with van der Waals surface area (Å²) in [6.45, 7) is 3.60. The van der Waals surface area contributed by atoms with Crippen molar-refractivity contribution >= 4 is 5.97 Å². The number of aromatic carboxylic acids is 1. The van der Waals surface area contributed by atoms with Gasteiger partial charge in [-0.1, -0.05) is 0 Å². The van der Waals surface area contributed by atoms with Gasteiger partial charge in [-0.3, -0.25) is 0 Å². The first-order chi connectivity index (χ1) is 6.11. The Balaban J connectivity index is 2.56. The van der Waals surface area contributed by atoms with Crippen molar-refractivity contribution in [3.8, 4) is 0 Å². The molecule has 0 radical (unpaired) electrons. The second kappa shape index (κ2) is 2.58. The van der Waals surface area contributed by atoms with Crippen LogP contribution in [0.5, 0.6) is 0 Å². The Labute approximate surface area is 76.2 Å². The van der Waals surface area contributed by atoms with Gasteiger partial charge >= 0.3 is 5.97 Å². The molecular formula is C9H12N2O2. The molecule has 70 valence electrons. The first-order valence-electron chi connectivity index (χ1n) is 4.40. The Morgan fingerprint density at radius 3 is 2.62 bits per heavy atom. The van der Waals surface area contributed by atoms with Crippen molar-refractivity contribution in [1.82, 2.24) is 9.55 Å². The molecule has 1 aliphatic rings. The van der Waals surface area contributed by atoms with E-state index in [1.54, 1.807) is 6.92 Å². The third-order valence-corrected chi connectivity index (χ3v) is 2.38. The van der Waals surface area contributed by atoms with Gasteiger partial charge < -0.3 is 9.67 Å². The van der Waals surface area contributed by atoms with Gasteiger partial charge in [-0.15, -0.1) is 0 Å². The van der Waals surface area contributed by atoms with E-state index in [0.29, 0.717) is 17.4 Å². The predicted molar refractivity (Wildman–Crippen MR) is 46.9 cm³/mol. The number of carboxylic acids is 1. The van der Waals surface area contributed by atoms with E-state index in [-0.39, 0.29) is 0 Å². The minimum absolute atomic E-state index is 0.361. The topological polar surface area (TPSA) is 55.1 Å². The predicted octanol–water partition coefficient (Wildman–Crippen LogP) is 1.53. The normalized spacial score (nSPS) is 16.2. The molecule has 0 aliphatic heterocycles. The molecule has 4 nitrogen and oxygen atoms in total. The summed E-state index contributed by atoms with van der Waals surface area (Å²) in [4.78, 5) is 15.1. The zero-order valence-electron chi connectivity index (χ0n) is 7.74. The Morgan fingerprint density at radius 1 is 1.54 bits per heavy atom. The molecular weight excluding hydrogens is 168 g/mol. The summed E-state index contributed by atoms with van der Waals surface area (Å²) in [6.07, 6.45) is 2.16. The molecule has 0 bridgehead atoms.